The summed E-state index contributed by atoms with van der Waals surface area (Å²) >= 11 is 0. The Balaban J connectivity index is 2.05. The maximum Gasteiger partial charge on any atom is 0.159 e. The minimum atomic E-state index is -1.07. The standard InChI is InChI=1S/C21H18F4/c1-2-3-4-5-13-8-15-11-20(24)16(12-17(15)19(23)9-13)14-6-7-18(22)21(25)10-14/h6-12H,2-5H2,1H3. The Morgan fingerprint density at radius 2 is 1.52 bits per heavy atom. The number of rotatable bonds is 5. The van der Waals surface area contributed by atoms with Crippen molar-refractivity contribution in [1.29, 1.82) is 0 Å². The van der Waals surface area contributed by atoms with Crippen LogP contribution in [0.3, 0.4) is 0 Å². The van der Waals surface area contributed by atoms with E-state index in [1.54, 1.807) is 6.07 Å². The lowest BCUT2D eigenvalue weighted by Gasteiger charge is -2.10. The number of fused-ring (bicyclic) bond motifs is 1. The van der Waals surface area contributed by atoms with Crippen LogP contribution in [0.15, 0.2) is 42.5 Å². The SMILES string of the molecule is CCCCCc1cc(F)c2cc(-c3ccc(F)c(F)c3)c(F)cc2c1. The Hall–Kier alpha value is -2.36. The van der Waals surface area contributed by atoms with Gasteiger partial charge < -0.3 is 0 Å². The Morgan fingerprint density at radius 3 is 2.24 bits per heavy atom. The molecule has 3 aromatic rings. The van der Waals surface area contributed by atoms with Crippen LogP contribution in [0.25, 0.3) is 21.9 Å². The average Bonchev–Trinajstić information content (AvgIpc) is 2.57. The third kappa shape index (κ3) is 3.68. The molecule has 0 aliphatic rings. The molecule has 0 heterocycles. The number of hydrogen-bond donors (Lipinski definition) is 0. The molecule has 0 atom stereocenters. The smallest absolute Gasteiger partial charge is 0.159 e. The van der Waals surface area contributed by atoms with Crippen molar-refractivity contribution in [2.24, 2.45) is 0 Å². The van der Waals surface area contributed by atoms with Crippen LogP contribution in [0.2, 0.25) is 0 Å². The zero-order chi connectivity index (χ0) is 18.0. The van der Waals surface area contributed by atoms with Crippen molar-refractivity contribution >= 4 is 10.8 Å². The summed E-state index contributed by atoms with van der Waals surface area (Å²) in [5, 5.41) is 0.732. The van der Waals surface area contributed by atoms with E-state index in [1.165, 1.54) is 24.3 Å². The van der Waals surface area contributed by atoms with Crippen LogP contribution in [-0.2, 0) is 6.42 Å². The lowest BCUT2D eigenvalue weighted by Crippen LogP contribution is -1.93. The van der Waals surface area contributed by atoms with Gasteiger partial charge in [-0.15, -0.1) is 0 Å². The van der Waals surface area contributed by atoms with E-state index in [0.717, 1.165) is 43.4 Å². The molecule has 0 radical (unpaired) electrons. The molecule has 0 N–H and O–H groups in total. The van der Waals surface area contributed by atoms with Gasteiger partial charge in [-0.05, 0) is 59.7 Å². The Labute approximate surface area is 144 Å². The van der Waals surface area contributed by atoms with E-state index in [9.17, 15) is 17.6 Å². The molecule has 0 aromatic heterocycles. The first-order chi connectivity index (χ1) is 12.0. The van der Waals surface area contributed by atoms with Crippen molar-refractivity contribution in [3.8, 4) is 11.1 Å². The van der Waals surface area contributed by atoms with Crippen LogP contribution in [0.4, 0.5) is 17.6 Å². The highest BCUT2D eigenvalue weighted by Crippen LogP contribution is 2.31. The molecule has 0 saturated carbocycles. The van der Waals surface area contributed by atoms with Gasteiger partial charge in [0.1, 0.15) is 11.6 Å². The van der Waals surface area contributed by atoms with Crippen LogP contribution in [0.1, 0.15) is 31.7 Å². The monoisotopic (exact) mass is 346 g/mol. The Morgan fingerprint density at radius 1 is 0.720 bits per heavy atom. The first-order valence-electron chi connectivity index (χ1n) is 8.36. The highest BCUT2D eigenvalue weighted by molar-refractivity contribution is 5.88. The van der Waals surface area contributed by atoms with E-state index < -0.39 is 23.3 Å². The van der Waals surface area contributed by atoms with Gasteiger partial charge in [0.15, 0.2) is 11.6 Å². The van der Waals surface area contributed by atoms with Gasteiger partial charge >= 0.3 is 0 Å². The van der Waals surface area contributed by atoms with Crippen LogP contribution in [0.5, 0.6) is 0 Å². The molecule has 0 saturated heterocycles. The second kappa shape index (κ2) is 7.26. The van der Waals surface area contributed by atoms with Crippen molar-refractivity contribution in [2.45, 2.75) is 32.6 Å². The Kier molecular flexibility index (Phi) is 5.07. The fourth-order valence-corrected chi connectivity index (χ4v) is 3.01. The van der Waals surface area contributed by atoms with Gasteiger partial charge in [0.05, 0.1) is 0 Å². The molecule has 0 amide bonds. The molecule has 0 bridgehead atoms. The first kappa shape index (κ1) is 17.5. The third-order valence-electron chi connectivity index (χ3n) is 4.35. The van der Waals surface area contributed by atoms with Gasteiger partial charge in [0, 0.05) is 10.9 Å². The summed E-state index contributed by atoms with van der Waals surface area (Å²) < 4.78 is 55.4. The summed E-state index contributed by atoms with van der Waals surface area (Å²) in [7, 11) is 0. The molecule has 0 unspecified atom stereocenters. The minimum Gasteiger partial charge on any atom is -0.206 e. The Bertz CT molecular complexity index is 915. The molecule has 4 heteroatoms. The topological polar surface area (TPSA) is 0 Å². The second-order valence-electron chi connectivity index (χ2n) is 6.22. The highest BCUT2D eigenvalue weighted by atomic mass is 19.2. The lowest BCUT2D eigenvalue weighted by molar-refractivity contribution is 0.509. The van der Waals surface area contributed by atoms with Crippen molar-refractivity contribution in [3.05, 3.63) is 71.3 Å². The highest BCUT2D eigenvalue weighted by Gasteiger charge is 2.13. The largest absolute Gasteiger partial charge is 0.206 e. The van der Waals surface area contributed by atoms with Crippen molar-refractivity contribution in [1.82, 2.24) is 0 Å². The zero-order valence-electron chi connectivity index (χ0n) is 13.9. The summed E-state index contributed by atoms with van der Waals surface area (Å²) in [4.78, 5) is 0. The fraction of sp³-hybridized carbons (Fsp3) is 0.238. The van der Waals surface area contributed by atoms with E-state index in [0.29, 0.717) is 5.39 Å². The van der Waals surface area contributed by atoms with Crippen LogP contribution in [-0.4, -0.2) is 0 Å². The quantitative estimate of drug-likeness (QED) is 0.352. The third-order valence-corrected chi connectivity index (χ3v) is 4.35. The van der Waals surface area contributed by atoms with E-state index in [-0.39, 0.29) is 16.5 Å². The molecule has 25 heavy (non-hydrogen) atoms. The number of unbranched alkanes of at least 4 members (excludes halogenated alkanes) is 2. The van der Waals surface area contributed by atoms with Gasteiger partial charge in [-0.3, -0.25) is 0 Å². The average molecular weight is 346 g/mol. The molecule has 0 nitrogen and oxygen atoms in total. The molecule has 0 aliphatic carbocycles. The molecule has 0 spiro atoms. The normalized spacial score (nSPS) is 11.2. The minimum absolute atomic E-state index is 0.0454. The summed E-state index contributed by atoms with van der Waals surface area (Å²) in [5.74, 6) is -3.10. The number of benzene rings is 3. The predicted molar refractivity (Wildman–Crippen MR) is 92.4 cm³/mol. The van der Waals surface area contributed by atoms with Gasteiger partial charge in [-0.2, -0.15) is 0 Å². The second-order valence-corrected chi connectivity index (χ2v) is 6.22. The lowest BCUT2D eigenvalue weighted by atomic mass is 9.97. The van der Waals surface area contributed by atoms with Gasteiger partial charge in [0.2, 0.25) is 0 Å². The summed E-state index contributed by atoms with van der Waals surface area (Å²) in [5.41, 5.74) is 1.05. The molecule has 3 aromatic carbocycles. The zero-order valence-corrected chi connectivity index (χ0v) is 13.9. The van der Waals surface area contributed by atoms with Crippen molar-refractivity contribution in [3.63, 3.8) is 0 Å². The van der Waals surface area contributed by atoms with Crippen LogP contribution in [0, 0.1) is 23.3 Å². The summed E-state index contributed by atoms with van der Waals surface area (Å²) in [6.07, 6.45) is 3.83. The number of aryl methyl sites for hydroxylation is 1. The number of halogens is 4. The molecular weight excluding hydrogens is 328 g/mol. The van der Waals surface area contributed by atoms with E-state index in [4.69, 9.17) is 0 Å². The first-order valence-corrected chi connectivity index (χ1v) is 8.36. The summed E-state index contributed by atoms with van der Waals surface area (Å²) in [6.45, 7) is 2.09. The molecule has 130 valence electrons. The van der Waals surface area contributed by atoms with Gasteiger partial charge in [-0.25, -0.2) is 17.6 Å². The maximum atomic E-state index is 14.5. The van der Waals surface area contributed by atoms with E-state index >= 15 is 0 Å². The van der Waals surface area contributed by atoms with Gasteiger partial charge in [-0.1, -0.05) is 31.9 Å². The van der Waals surface area contributed by atoms with E-state index in [2.05, 4.69) is 6.92 Å². The molecule has 3 rings (SSSR count). The van der Waals surface area contributed by atoms with Gasteiger partial charge in [0.25, 0.3) is 0 Å². The van der Waals surface area contributed by atoms with E-state index in [1.807, 2.05) is 0 Å². The fourth-order valence-electron chi connectivity index (χ4n) is 3.01. The van der Waals surface area contributed by atoms with Crippen molar-refractivity contribution < 1.29 is 17.6 Å². The maximum absolute atomic E-state index is 14.5. The number of hydrogen-bond acceptors (Lipinski definition) is 0. The van der Waals surface area contributed by atoms with Crippen LogP contribution >= 0.6 is 0 Å². The molecule has 0 aliphatic heterocycles. The predicted octanol–water partition coefficient (Wildman–Crippen LogP) is 6.80. The van der Waals surface area contributed by atoms with Crippen LogP contribution < -0.4 is 0 Å². The van der Waals surface area contributed by atoms with Crippen molar-refractivity contribution in [2.75, 3.05) is 0 Å². The summed E-state index contributed by atoms with van der Waals surface area (Å²) in [6, 6.07) is 8.97. The molecular formula is C21H18F4. The molecule has 0 fully saturated rings.